The molecule has 0 saturated heterocycles. The minimum atomic E-state index is 0.613. The number of fused-ring (bicyclic) bond motifs is 1. The first-order chi connectivity index (χ1) is 9.25. The van der Waals surface area contributed by atoms with Gasteiger partial charge in [-0.2, -0.15) is 0 Å². The van der Waals surface area contributed by atoms with Crippen LogP contribution in [0.3, 0.4) is 0 Å². The van der Waals surface area contributed by atoms with Crippen LogP contribution in [0.4, 0.5) is 0 Å². The van der Waals surface area contributed by atoms with Crippen molar-refractivity contribution in [3.05, 3.63) is 0 Å². The summed E-state index contributed by atoms with van der Waals surface area (Å²) in [7, 11) is 0. The van der Waals surface area contributed by atoms with Gasteiger partial charge in [0.25, 0.3) is 0 Å². The van der Waals surface area contributed by atoms with Gasteiger partial charge in [-0.3, -0.25) is 0 Å². The summed E-state index contributed by atoms with van der Waals surface area (Å²) in [5.41, 5.74) is 0.613. The average molecular weight is 263 g/mol. The summed E-state index contributed by atoms with van der Waals surface area (Å²) in [6.07, 6.45) is 17.9. The smallest absolute Gasteiger partial charge is 0.00701 e. The van der Waals surface area contributed by atoms with Crippen molar-refractivity contribution in [1.82, 2.24) is 5.32 Å². The summed E-state index contributed by atoms with van der Waals surface area (Å²) in [5.74, 6) is 2.16. The van der Waals surface area contributed by atoms with Crippen LogP contribution in [0.25, 0.3) is 0 Å². The predicted octanol–water partition coefficient (Wildman–Crippen LogP) is 4.91. The van der Waals surface area contributed by atoms with E-state index in [4.69, 9.17) is 0 Å². The van der Waals surface area contributed by atoms with Crippen LogP contribution in [0.15, 0.2) is 0 Å². The van der Waals surface area contributed by atoms with Crippen molar-refractivity contribution in [3.63, 3.8) is 0 Å². The lowest BCUT2D eigenvalue weighted by atomic mass is 9.69. The third kappa shape index (κ3) is 3.54. The lowest BCUT2D eigenvalue weighted by Gasteiger charge is -2.41. The quantitative estimate of drug-likeness (QED) is 0.763. The van der Waals surface area contributed by atoms with Crippen molar-refractivity contribution in [2.75, 3.05) is 6.54 Å². The molecule has 0 aliphatic heterocycles. The highest BCUT2D eigenvalue weighted by molar-refractivity contribution is 4.88. The van der Waals surface area contributed by atoms with E-state index >= 15 is 0 Å². The molecule has 3 rings (SSSR count). The Morgan fingerprint density at radius 3 is 2.37 bits per heavy atom. The van der Waals surface area contributed by atoms with Crippen LogP contribution in [0.2, 0.25) is 0 Å². The SMILES string of the molecule is CC1(CNC2CCC3CCCCC3C2)CCCCC1. The van der Waals surface area contributed by atoms with Crippen LogP contribution in [-0.2, 0) is 0 Å². The fourth-order valence-electron chi connectivity index (χ4n) is 5.03. The molecule has 0 amide bonds. The monoisotopic (exact) mass is 263 g/mol. The van der Waals surface area contributed by atoms with E-state index in [-0.39, 0.29) is 0 Å². The third-order valence-corrected chi connectivity index (χ3v) is 6.42. The van der Waals surface area contributed by atoms with Crippen LogP contribution in [-0.4, -0.2) is 12.6 Å². The Kier molecular flexibility index (Phi) is 4.51. The molecule has 3 atom stereocenters. The van der Waals surface area contributed by atoms with E-state index in [1.54, 1.807) is 0 Å². The van der Waals surface area contributed by atoms with Gasteiger partial charge in [-0.05, 0) is 49.4 Å². The molecule has 0 bridgehead atoms. The highest BCUT2D eigenvalue weighted by Crippen LogP contribution is 2.41. The van der Waals surface area contributed by atoms with Gasteiger partial charge < -0.3 is 5.32 Å². The molecule has 1 heteroatoms. The number of rotatable bonds is 3. The molecule has 3 saturated carbocycles. The number of nitrogens with one attached hydrogen (secondary N) is 1. The van der Waals surface area contributed by atoms with Crippen LogP contribution >= 0.6 is 0 Å². The molecule has 0 aromatic heterocycles. The molecule has 3 aliphatic carbocycles. The maximum absolute atomic E-state index is 3.96. The first-order valence-corrected chi connectivity index (χ1v) is 8.99. The van der Waals surface area contributed by atoms with Crippen molar-refractivity contribution >= 4 is 0 Å². The second-order valence-corrected chi connectivity index (χ2v) is 8.07. The molecule has 1 nitrogen and oxygen atoms in total. The predicted molar refractivity (Wildman–Crippen MR) is 82.3 cm³/mol. The van der Waals surface area contributed by atoms with Gasteiger partial charge in [-0.25, -0.2) is 0 Å². The maximum atomic E-state index is 3.96. The zero-order valence-corrected chi connectivity index (χ0v) is 12.9. The second kappa shape index (κ2) is 6.16. The Labute approximate surface area is 119 Å². The molecular weight excluding hydrogens is 230 g/mol. The lowest BCUT2D eigenvalue weighted by molar-refractivity contribution is 0.128. The van der Waals surface area contributed by atoms with Gasteiger partial charge in [0.2, 0.25) is 0 Å². The number of hydrogen-bond acceptors (Lipinski definition) is 1. The van der Waals surface area contributed by atoms with Crippen molar-refractivity contribution in [2.45, 2.75) is 90.0 Å². The van der Waals surface area contributed by atoms with Gasteiger partial charge in [0.05, 0.1) is 0 Å². The summed E-state index contributed by atoms with van der Waals surface area (Å²) in [5, 5.41) is 3.96. The molecule has 3 aliphatic rings. The van der Waals surface area contributed by atoms with Gasteiger partial charge in [0, 0.05) is 12.6 Å². The van der Waals surface area contributed by atoms with Crippen molar-refractivity contribution in [1.29, 1.82) is 0 Å². The van der Waals surface area contributed by atoms with E-state index < -0.39 is 0 Å². The molecule has 3 unspecified atom stereocenters. The summed E-state index contributed by atoms with van der Waals surface area (Å²) < 4.78 is 0. The number of hydrogen-bond donors (Lipinski definition) is 1. The fourth-order valence-corrected chi connectivity index (χ4v) is 5.03. The molecule has 110 valence electrons. The average Bonchev–Trinajstić information content (AvgIpc) is 2.46. The van der Waals surface area contributed by atoms with Gasteiger partial charge >= 0.3 is 0 Å². The van der Waals surface area contributed by atoms with Gasteiger partial charge in [0.1, 0.15) is 0 Å². The van der Waals surface area contributed by atoms with Gasteiger partial charge in [-0.15, -0.1) is 0 Å². The summed E-state index contributed by atoms with van der Waals surface area (Å²) in [6, 6.07) is 0.845. The molecular formula is C18H33N. The molecule has 0 aromatic carbocycles. The van der Waals surface area contributed by atoms with Crippen molar-refractivity contribution in [2.24, 2.45) is 17.3 Å². The Morgan fingerprint density at radius 2 is 1.58 bits per heavy atom. The molecule has 3 fully saturated rings. The first-order valence-electron chi connectivity index (χ1n) is 8.99. The molecule has 0 radical (unpaired) electrons. The molecule has 0 spiro atoms. The normalized spacial score (nSPS) is 38.7. The zero-order chi connectivity index (χ0) is 13.1. The van der Waals surface area contributed by atoms with E-state index in [0.29, 0.717) is 5.41 Å². The topological polar surface area (TPSA) is 12.0 Å². The van der Waals surface area contributed by atoms with Crippen LogP contribution in [0.5, 0.6) is 0 Å². The lowest BCUT2D eigenvalue weighted by Crippen LogP contribution is -2.43. The first kappa shape index (κ1) is 13.9. The van der Waals surface area contributed by atoms with Crippen LogP contribution in [0, 0.1) is 17.3 Å². The maximum Gasteiger partial charge on any atom is 0.00701 e. The minimum absolute atomic E-state index is 0.613. The molecule has 19 heavy (non-hydrogen) atoms. The highest BCUT2D eigenvalue weighted by Gasteiger charge is 2.33. The van der Waals surface area contributed by atoms with Gasteiger partial charge in [-0.1, -0.05) is 51.9 Å². The summed E-state index contributed by atoms with van der Waals surface area (Å²) in [4.78, 5) is 0. The summed E-state index contributed by atoms with van der Waals surface area (Å²) in [6.45, 7) is 3.81. The molecule has 0 heterocycles. The van der Waals surface area contributed by atoms with Gasteiger partial charge in [0.15, 0.2) is 0 Å². The Hall–Kier alpha value is -0.0400. The van der Waals surface area contributed by atoms with Crippen LogP contribution in [0.1, 0.15) is 84.0 Å². The van der Waals surface area contributed by atoms with Crippen molar-refractivity contribution < 1.29 is 0 Å². The minimum Gasteiger partial charge on any atom is -0.313 e. The second-order valence-electron chi connectivity index (χ2n) is 8.07. The third-order valence-electron chi connectivity index (χ3n) is 6.42. The van der Waals surface area contributed by atoms with E-state index in [1.807, 2.05) is 0 Å². The van der Waals surface area contributed by atoms with E-state index in [0.717, 1.165) is 17.9 Å². The van der Waals surface area contributed by atoms with Crippen molar-refractivity contribution in [3.8, 4) is 0 Å². The standard InChI is InChI=1S/C18H33N/c1-18(11-5-2-6-12-18)14-19-17-10-9-15-7-3-4-8-16(15)13-17/h15-17,19H,2-14H2,1H3. The largest absolute Gasteiger partial charge is 0.313 e. The Morgan fingerprint density at radius 1 is 0.842 bits per heavy atom. The fraction of sp³-hybridized carbons (Fsp3) is 1.00. The zero-order valence-electron chi connectivity index (χ0n) is 12.9. The van der Waals surface area contributed by atoms with E-state index in [1.165, 1.54) is 83.6 Å². The molecule has 1 N–H and O–H groups in total. The Balaban J connectivity index is 1.45. The highest BCUT2D eigenvalue weighted by atomic mass is 14.9. The summed E-state index contributed by atoms with van der Waals surface area (Å²) >= 11 is 0. The van der Waals surface area contributed by atoms with E-state index in [9.17, 15) is 0 Å². The van der Waals surface area contributed by atoms with E-state index in [2.05, 4.69) is 12.2 Å². The Bertz CT molecular complexity index is 279. The molecule has 0 aromatic rings. The van der Waals surface area contributed by atoms with Crippen LogP contribution < -0.4 is 5.32 Å².